The van der Waals surface area contributed by atoms with Crippen LogP contribution in [-0.4, -0.2) is 64.6 Å². The zero-order chi connectivity index (χ0) is 26.5. The Kier molecular flexibility index (Phi) is 8.01. The number of aromatic nitrogens is 1. The van der Waals surface area contributed by atoms with E-state index in [2.05, 4.69) is 4.99 Å². The number of amides is 1. The van der Waals surface area contributed by atoms with Gasteiger partial charge < -0.3 is 25.4 Å². The highest BCUT2D eigenvalue weighted by Crippen LogP contribution is 2.38. The lowest BCUT2D eigenvalue weighted by atomic mass is 9.98. The third kappa shape index (κ3) is 5.40. The van der Waals surface area contributed by atoms with E-state index in [1.54, 1.807) is 47.0 Å². The van der Waals surface area contributed by atoms with Crippen LogP contribution < -0.4 is 5.73 Å². The molecule has 1 aliphatic rings. The molecule has 4 N–H and O–H groups in total. The van der Waals surface area contributed by atoms with E-state index in [0.29, 0.717) is 52.4 Å². The van der Waals surface area contributed by atoms with Crippen LogP contribution in [0, 0.1) is 17.1 Å². The van der Waals surface area contributed by atoms with Crippen LogP contribution in [0.4, 0.5) is 10.1 Å². The zero-order valence-electron chi connectivity index (χ0n) is 20.7. The molecule has 2 aromatic carbocycles. The molecular formula is C28H30FN5O3. The molecule has 4 rings (SSSR count). The lowest BCUT2D eigenvalue weighted by Crippen LogP contribution is -2.37. The van der Waals surface area contributed by atoms with Gasteiger partial charge in [0.1, 0.15) is 17.6 Å². The number of carbonyl (C=O) groups excluding carboxylic acids is 1. The number of piperidine rings is 1. The number of nitrogens with zero attached hydrogens (tertiary/aromatic N) is 4. The molecule has 0 saturated carbocycles. The molecule has 1 saturated heterocycles. The van der Waals surface area contributed by atoms with Gasteiger partial charge in [0.15, 0.2) is 0 Å². The summed E-state index contributed by atoms with van der Waals surface area (Å²) in [6, 6.07) is 13.2. The second-order valence-corrected chi connectivity index (χ2v) is 9.13. The van der Waals surface area contributed by atoms with E-state index in [0.717, 1.165) is 19.3 Å². The molecule has 1 aliphatic heterocycles. The standard InChI is InChI=1S/C28H30FN5O3/c1-32-15-21-11-19(7-8-25(21)31)27-23(18-5-6-20(14-30)24(29)12-18)13-26(34(27)16-22(36)17-35)28(37)33-9-3-2-4-10-33/h5-8,11-13,15,22,35-36H,2-4,9-10,16-17,31H2,1H3/t22-/m1/s1. The minimum atomic E-state index is -1.13. The van der Waals surface area contributed by atoms with Gasteiger partial charge in [-0.05, 0) is 60.7 Å². The minimum Gasteiger partial charge on any atom is -0.398 e. The normalized spacial score (nSPS) is 14.6. The number of halogens is 1. The second kappa shape index (κ2) is 11.4. The van der Waals surface area contributed by atoms with Gasteiger partial charge in [0.25, 0.3) is 5.91 Å². The average Bonchev–Trinajstić information content (AvgIpc) is 3.28. The van der Waals surface area contributed by atoms with Crippen molar-refractivity contribution in [2.45, 2.75) is 31.9 Å². The van der Waals surface area contributed by atoms with Crippen LogP contribution in [0.1, 0.15) is 40.9 Å². The summed E-state index contributed by atoms with van der Waals surface area (Å²) in [5.74, 6) is -0.869. The van der Waals surface area contributed by atoms with Crippen LogP contribution in [0.2, 0.25) is 0 Å². The molecule has 1 aromatic heterocycles. The van der Waals surface area contributed by atoms with Crippen LogP contribution >= 0.6 is 0 Å². The second-order valence-electron chi connectivity index (χ2n) is 9.13. The number of nitrogen functional groups attached to an aromatic ring is 1. The van der Waals surface area contributed by atoms with Gasteiger partial charge in [-0.1, -0.05) is 12.1 Å². The Morgan fingerprint density at radius 3 is 2.57 bits per heavy atom. The number of aliphatic imine (C=N–C) groups is 1. The summed E-state index contributed by atoms with van der Waals surface area (Å²) in [7, 11) is 1.63. The largest absolute Gasteiger partial charge is 0.398 e. The molecule has 8 nitrogen and oxygen atoms in total. The molecule has 37 heavy (non-hydrogen) atoms. The molecule has 1 amide bonds. The molecule has 0 spiro atoms. The number of hydrogen-bond acceptors (Lipinski definition) is 6. The highest BCUT2D eigenvalue weighted by Gasteiger charge is 2.28. The van der Waals surface area contributed by atoms with Crippen molar-refractivity contribution in [1.82, 2.24) is 9.47 Å². The number of anilines is 1. The Balaban J connectivity index is 2.00. The molecule has 1 fully saturated rings. The van der Waals surface area contributed by atoms with E-state index in [1.165, 1.54) is 12.1 Å². The van der Waals surface area contributed by atoms with Crippen molar-refractivity contribution in [3.63, 3.8) is 0 Å². The highest BCUT2D eigenvalue weighted by atomic mass is 19.1. The van der Waals surface area contributed by atoms with E-state index in [9.17, 15) is 24.7 Å². The van der Waals surface area contributed by atoms with Crippen molar-refractivity contribution in [1.29, 1.82) is 5.26 Å². The van der Waals surface area contributed by atoms with Crippen molar-refractivity contribution in [3.8, 4) is 28.5 Å². The Bertz CT molecular complexity index is 1370. The summed E-state index contributed by atoms with van der Waals surface area (Å²) >= 11 is 0. The number of nitriles is 1. The maximum Gasteiger partial charge on any atom is 0.270 e. The number of likely N-dealkylation sites (tertiary alicyclic amines) is 1. The first-order valence-corrected chi connectivity index (χ1v) is 12.2. The summed E-state index contributed by atoms with van der Waals surface area (Å²) in [5.41, 5.74) is 9.81. The monoisotopic (exact) mass is 503 g/mol. The summed E-state index contributed by atoms with van der Waals surface area (Å²) in [4.78, 5) is 19.6. The molecule has 2 heterocycles. The van der Waals surface area contributed by atoms with Gasteiger partial charge >= 0.3 is 0 Å². The van der Waals surface area contributed by atoms with Crippen molar-refractivity contribution >= 4 is 17.8 Å². The SMILES string of the molecule is CN=Cc1cc(-c2c(-c3ccc(C#N)c(F)c3)cc(C(=O)N3CCCCC3)n2C[C@@H](O)CO)ccc1N. The van der Waals surface area contributed by atoms with Crippen LogP contribution in [0.5, 0.6) is 0 Å². The average molecular weight is 504 g/mol. The summed E-state index contributed by atoms with van der Waals surface area (Å²) in [6.45, 7) is 0.704. The van der Waals surface area contributed by atoms with Gasteiger partial charge in [-0.15, -0.1) is 0 Å². The predicted octanol–water partition coefficient (Wildman–Crippen LogP) is 3.44. The van der Waals surface area contributed by atoms with E-state index in [-0.39, 0.29) is 18.0 Å². The van der Waals surface area contributed by atoms with Crippen LogP contribution in [-0.2, 0) is 6.54 Å². The first kappa shape index (κ1) is 26.1. The van der Waals surface area contributed by atoms with Gasteiger partial charge in [0.05, 0.1) is 30.5 Å². The van der Waals surface area contributed by atoms with E-state index >= 15 is 0 Å². The molecule has 9 heteroatoms. The van der Waals surface area contributed by atoms with Gasteiger partial charge in [0, 0.05) is 43.2 Å². The topological polar surface area (TPSA) is 128 Å². The molecular weight excluding hydrogens is 473 g/mol. The van der Waals surface area contributed by atoms with E-state index < -0.39 is 18.5 Å². The number of carbonyl (C=O) groups is 1. The number of nitrogens with two attached hydrogens (primary N) is 1. The number of aliphatic hydroxyl groups is 2. The Labute approximate surface area is 215 Å². The van der Waals surface area contributed by atoms with Gasteiger partial charge in [-0.25, -0.2) is 4.39 Å². The Hall–Kier alpha value is -4.00. The van der Waals surface area contributed by atoms with Crippen molar-refractivity contribution in [2.24, 2.45) is 4.99 Å². The molecule has 3 aromatic rings. The van der Waals surface area contributed by atoms with Crippen LogP contribution in [0.3, 0.4) is 0 Å². The smallest absolute Gasteiger partial charge is 0.270 e. The molecule has 0 aliphatic carbocycles. The fourth-order valence-electron chi connectivity index (χ4n) is 4.72. The Morgan fingerprint density at radius 1 is 1.19 bits per heavy atom. The Morgan fingerprint density at radius 2 is 1.92 bits per heavy atom. The molecule has 0 radical (unpaired) electrons. The molecule has 0 unspecified atom stereocenters. The maximum absolute atomic E-state index is 14.7. The summed E-state index contributed by atoms with van der Waals surface area (Å²) < 4.78 is 16.4. The van der Waals surface area contributed by atoms with Gasteiger partial charge in [-0.2, -0.15) is 5.26 Å². The predicted molar refractivity (Wildman–Crippen MR) is 141 cm³/mol. The fraction of sp³-hybridized carbons (Fsp3) is 0.321. The summed E-state index contributed by atoms with van der Waals surface area (Å²) in [5, 5.41) is 29.3. The van der Waals surface area contributed by atoms with Crippen molar-refractivity contribution in [2.75, 3.05) is 32.5 Å². The third-order valence-electron chi connectivity index (χ3n) is 6.59. The minimum absolute atomic E-state index is 0.0545. The first-order valence-electron chi connectivity index (χ1n) is 12.2. The van der Waals surface area contributed by atoms with Crippen molar-refractivity contribution < 1.29 is 19.4 Å². The highest BCUT2D eigenvalue weighted by molar-refractivity contribution is 5.99. The zero-order valence-corrected chi connectivity index (χ0v) is 20.7. The van der Waals surface area contributed by atoms with Crippen LogP contribution in [0.15, 0.2) is 47.5 Å². The number of benzene rings is 2. The maximum atomic E-state index is 14.7. The number of hydrogen-bond donors (Lipinski definition) is 3. The van der Waals surface area contributed by atoms with Crippen molar-refractivity contribution in [3.05, 3.63) is 65.1 Å². The molecule has 1 atom stereocenters. The lowest BCUT2D eigenvalue weighted by molar-refractivity contribution is 0.0680. The van der Waals surface area contributed by atoms with Gasteiger partial charge in [0.2, 0.25) is 0 Å². The van der Waals surface area contributed by atoms with Crippen LogP contribution in [0.25, 0.3) is 22.4 Å². The molecule has 0 bridgehead atoms. The molecule has 192 valence electrons. The van der Waals surface area contributed by atoms with E-state index in [4.69, 9.17) is 5.73 Å². The number of rotatable bonds is 7. The van der Waals surface area contributed by atoms with E-state index in [1.807, 2.05) is 12.1 Å². The lowest BCUT2D eigenvalue weighted by Gasteiger charge is -2.27. The first-order chi connectivity index (χ1) is 17.9. The number of aliphatic hydroxyl groups excluding tert-OH is 2. The fourth-order valence-corrected chi connectivity index (χ4v) is 4.72. The van der Waals surface area contributed by atoms with Gasteiger partial charge in [-0.3, -0.25) is 9.79 Å². The summed E-state index contributed by atoms with van der Waals surface area (Å²) in [6.07, 6.45) is 3.36. The quantitative estimate of drug-likeness (QED) is 0.336. The third-order valence-corrected chi connectivity index (χ3v) is 6.59.